The molecule has 2 unspecified atom stereocenters. The molecule has 6 rings (SSSR count). The molecule has 0 aliphatic carbocycles. The number of phosphoric acid groups is 4. The summed E-state index contributed by atoms with van der Waals surface area (Å²) < 4.78 is 93.4. The maximum Gasteiger partial charge on any atom is 0.469 e. The van der Waals surface area contributed by atoms with Crippen LogP contribution >= 0.6 is 31.3 Å². The van der Waals surface area contributed by atoms with Crippen LogP contribution in [0.5, 0.6) is 0 Å². The highest BCUT2D eigenvalue weighted by Gasteiger charge is 2.50. The number of aromatic nitrogens is 8. The topological polar surface area (TPSA) is 511 Å². The summed E-state index contributed by atoms with van der Waals surface area (Å²) in [7, 11) is -19.8. The zero-order valence-corrected chi connectivity index (χ0v) is 36.8. The van der Waals surface area contributed by atoms with Crippen molar-refractivity contribution in [2.75, 3.05) is 51.1 Å². The van der Waals surface area contributed by atoms with Gasteiger partial charge in [0.15, 0.2) is 0 Å². The number of phosphoric ester groups is 4. The Morgan fingerprint density at radius 3 is 1.34 bits per heavy atom. The van der Waals surface area contributed by atoms with Crippen molar-refractivity contribution in [2.24, 2.45) is 19.5 Å². The van der Waals surface area contributed by atoms with E-state index in [0.717, 1.165) is 9.13 Å². The van der Waals surface area contributed by atoms with E-state index in [2.05, 4.69) is 29.0 Å². The van der Waals surface area contributed by atoms with Crippen molar-refractivity contribution in [1.29, 1.82) is 0 Å². The standard InChI is InChI=1S/C27H42N10O24P4/c1-34-9-36(19-13(34)21(42)32-25(28)30-19)23-17(40)15(38)11(60-23)3-54-64(50,51)58-7-27(5-56-62(44,45)46,6-57-63(47,48)49)8-59-65(52,53)55-4-12-16(39)18(41)24(61-12)37-10-35(2)14-20(37)31-26(29)33-22(14)43/h9-12,15-18,23-24,38-41H,3-8H2,1-2H3,(H10-2,28,29,30,31,32,33,42,43,44,45,46,47,48,49,50,51,52,53)/t11-,12-,15-,16-,17-,18-,23-,24-/m1/s1. The summed E-state index contributed by atoms with van der Waals surface area (Å²) in [5.74, 6) is -0.638. The van der Waals surface area contributed by atoms with Crippen LogP contribution in [-0.2, 0) is 69.0 Å². The quantitative estimate of drug-likeness (QED) is 0.0289. The van der Waals surface area contributed by atoms with Gasteiger partial charge in [-0.25, -0.2) is 18.3 Å². The SMILES string of the molecule is C[n+]1cn([C@@H]2O[C@H](COP(=O)([O-])OCC(COP(=O)(O)O)(COP(=O)(O)O)COP(=O)([O-])OC[C@H]3O[C@@H](n4c[n+](C)c5c(=O)[nH]c(N)nc54)[C@H](O)[C@@H]3O)[C@@H](O)[C@H]2O)c2nc(N)[nH]c(=O)c21. The predicted molar refractivity (Wildman–Crippen MR) is 201 cm³/mol. The molecule has 2 aliphatic heterocycles. The van der Waals surface area contributed by atoms with Gasteiger partial charge < -0.3 is 88.8 Å². The molecule has 4 aromatic rings. The first-order valence-corrected chi connectivity index (χ1v) is 24.1. The van der Waals surface area contributed by atoms with Crippen LogP contribution in [0.1, 0.15) is 12.5 Å². The zero-order chi connectivity index (χ0) is 48.2. The lowest BCUT2D eigenvalue weighted by Crippen LogP contribution is -2.42. The number of hydrogen-bond donors (Lipinski definition) is 12. The molecule has 6 heterocycles. The summed E-state index contributed by atoms with van der Waals surface area (Å²) in [4.78, 5) is 101. The molecule has 0 aromatic carbocycles. The van der Waals surface area contributed by atoms with E-state index in [1.807, 2.05) is 0 Å². The van der Waals surface area contributed by atoms with Crippen LogP contribution in [0.3, 0.4) is 0 Å². The maximum absolute atomic E-state index is 13.0. The van der Waals surface area contributed by atoms with Gasteiger partial charge >= 0.3 is 26.8 Å². The predicted octanol–water partition coefficient (Wildman–Crippen LogP) is -7.28. The molecule has 2 saturated heterocycles. The van der Waals surface area contributed by atoms with E-state index in [0.29, 0.717) is 0 Å². The Morgan fingerprint density at radius 2 is 1.00 bits per heavy atom. The Morgan fingerprint density at radius 1 is 0.662 bits per heavy atom. The summed E-state index contributed by atoms with van der Waals surface area (Å²) >= 11 is 0. The van der Waals surface area contributed by atoms with E-state index >= 15 is 0 Å². The third kappa shape index (κ3) is 11.8. The molecule has 0 spiro atoms. The van der Waals surface area contributed by atoms with Crippen molar-refractivity contribution in [3.05, 3.63) is 33.4 Å². The molecule has 0 saturated carbocycles. The highest BCUT2D eigenvalue weighted by Crippen LogP contribution is 2.48. The highest BCUT2D eigenvalue weighted by atomic mass is 31.2. The number of ether oxygens (including phenoxy) is 2. The lowest BCUT2D eigenvalue weighted by molar-refractivity contribution is -0.646. The molecule has 14 N–H and O–H groups in total. The van der Waals surface area contributed by atoms with Gasteiger partial charge in [0.25, 0.3) is 38.0 Å². The van der Waals surface area contributed by atoms with Crippen LogP contribution in [0.25, 0.3) is 22.3 Å². The number of hydrogen-bond acceptors (Lipinski definition) is 24. The first-order chi connectivity index (χ1) is 30.0. The first-order valence-electron chi connectivity index (χ1n) is 18.1. The molecule has 10 atom stereocenters. The lowest BCUT2D eigenvalue weighted by Gasteiger charge is -2.36. The normalized spacial score (nSPS) is 26.3. The van der Waals surface area contributed by atoms with E-state index in [4.69, 9.17) is 39.0 Å². The number of nitrogen functional groups attached to an aromatic ring is 2. The van der Waals surface area contributed by atoms with Crippen LogP contribution < -0.4 is 41.5 Å². The van der Waals surface area contributed by atoms with Crippen LogP contribution in [0, 0.1) is 5.41 Å². The Hall–Kier alpha value is -3.50. The van der Waals surface area contributed by atoms with Gasteiger partial charge in [-0.1, -0.05) is 0 Å². The van der Waals surface area contributed by atoms with Gasteiger partial charge in [-0.05, 0) is 0 Å². The number of nitrogens with one attached hydrogen (secondary N) is 2. The molecule has 38 heteroatoms. The van der Waals surface area contributed by atoms with E-state index in [1.165, 1.54) is 35.9 Å². The number of nitrogens with two attached hydrogens (primary N) is 2. The summed E-state index contributed by atoms with van der Waals surface area (Å²) in [5.41, 5.74) is 6.94. The number of aromatic amines is 2. The van der Waals surface area contributed by atoms with E-state index < -0.39 is 137 Å². The largest absolute Gasteiger partial charge is 0.756 e. The van der Waals surface area contributed by atoms with Crippen molar-refractivity contribution in [2.45, 2.75) is 49.1 Å². The second-order valence-electron chi connectivity index (χ2n) is 14.7. The van der Waals surface area contributed by atoms with Gasteiger partial charge in [0.05, 0.1) is 59.2 Å². The minimum Gasteiger partial charge on any atom is -0.756 e. The van der Waals surface area contributed by atoms with Crippen molar-refractivity contribution >= 4 is 65.5 Å². The Kier molecular flexibility index (Phi) is 14.8. The van der Waals surface area contributed by atoms with Crippen molar-refractivity contribution < 1.29 is 114 Å². The molecule has 34 nitrogen and oxygen atoms in total. The minimum atomic E-state index is -5.75. The average Bonchev–Trinajstić information content (AvgIpc) is 3.88. The highest BCUT2D eigenvalue weighted by molar-refractivity contribution is 7.46. The third-order valence-electron chi connectivity index (χ3n) is 9.73. The van der Waals surface area contributed by atoms with Crippen molar-refractivity contribution in [3.63, 3.8) is 0 Å². The van der Waals surface area contributed by atoms with E-state index in [1.54, 1.807) is 0 Å². The molecule has 2 fully saturated rings. The van der Waals surface area contributed by atoms with Gasteiger partial charge in [0.2, 0.25) is 37.0 Å². The number of H-pyrrole nitrogens is 2. The van der Waals surface area contributed by atoms with Crippen molar-refractivity contribution in [3.8, 4) is 0 Å². The van der Waals surface area contributed by atoms with Gasteiger partial charge in [-0.2, -0.15) is 19.1 Å². The molecule has 364 valence electrons. The number of imidazole rings is 2. The number of nitrogens with zero attached hydrogens (tertiary/aromatic N) is 6. The Bertz CT molecular complexity index is 2540. The molecule has 0 radical (unpaired) electrons. The number of rotatable bonds is 20. The molecule has 0 bridgehead atoms. The fourth-order valence-corrected chi connectivity index (χ4v) is 9.19. The summed E-state index contributed by atoms with van der Waals surface area (Å²) in [5, 5.41) is 42.9. The molecule has 0 amide bonds. The summed E-state index contributed by atoms with van der Waals surface area (Å²) in [6.07, 6.45) is -11.2. The molecular weight excluding hydrogens is 972 g/mol. The molecule has 2 aliphatic rings. The summed E-state index contributed by atoms with van der Waals surface area (Å²) in [6.45, 7) is -8.34. The number of anilines is 2. The average molecular weight is 1010 g/mol. The summed E-state index contributed by atoms with van der Waals surface area (Å²) in [6, 6.07) is 0. The van der Waals surface area contributed by atoms with Crippen LogP contribution in [0.15, 0.2) is 22.2 Å². The first kappa shape index (κ1) is 50.9. The van der Waals surface area contributed by atoms with Crippen LogP contribution in [-0.4, -0.2) is 145 Å². The van der Waals surface area contributed by atoms with Gasteiger partial charge in [0.1, 0.15) is 36.6 Å². The van der Waals surface area contributed by atoms with E-state index in [9.17, 15) is 77.6 Å². The fourth-order valence-electron chi connectivity index (χ4n) is 6.63. The van der Waals surface area contributed by atoms with Gasteiger partial charge in [-0.3, -0.25) is 37.7 Å². The molecule has 4 aromatic heterocycles. The Balaban J connectivity index is 1.14. The number of fused-ring (bicyclic) bond motifs is 2. The maximum atomic E-state index is 13.0. The molecule has 65 heavy (non-hydrogen) atoms. The number of aliphatic hydroxyl groups is 4. The second kappa shape index (κ2) is 18.9. The van der Waals surface area contributed by atoms with Gasteiger partial charge in [-0.15, -0.1) is 0 Å². The number of aryl methyl sites for hydroxylation is 2. The van der Waals surface area contributed by atoms with E-state index in [-0.39, 0.29) is 34.2 Å². The minimum absolute atomic E-state index is 0.0314. The third-order valence-corrected chi connectivity index (χ3v) is 12.5. The van der Waals surface area contributed by atoms with Crippen LogP contribution in [0.2, 0.25) is 0 Å². The Labute approximate surface area is 361 Å². The lowest BCUT2D eigenvalue weighted by atomic mass is 9.93. The van der Waals surface area contributed by atoms with Crippen LogP contribution in [0.4, 0.5) is 11.9 Å². The second-order valence-corrected chi connectivity index (χ2v) is 20.0. The van der Waals surface area contributed by atoms with Crippen molar-refractivity contribution in [1.82, 2.24) is 29.1 Å². The zero-order valence-electron chi connectivity index (χ0n) is 33.3. The number of aliphatic hydroxyl groups excluding tert-OH is 4. The monoisotopic (exact) mass is 1010 g/mol. The van der Waals surface area contributed by atoms with Gasteiger partial charge in [0, 0.05) is 0 Å². The smallest absolute Gasteiger partial charge is 0.469 e. The molecular formula is C27H42N10O24P4. The fraction of sp³-hybridized carbons (Fsp3) is 0.630.